The summed E-state index contributed by atoms with van der Waals surface area (Å²) in [7, 11) is 1.81. The first-order chi connectivity index (χ1) is 8.31. The molecule has 17 heavy (non-hydrogen) atoms. The molecule has 3 unspecified atom stereocenters. The predicted octanol–water partition coefficient (Wildman–Crippen LogP) is 3.61. The fraction of sp³-hybridized carbons (Fsp3) is 1.00. The molecule has 102 valence electrons. The minimum atomic E-state index is 0.768. The standard InChI is InChI=1S/C15H31NO/c1-4-7-13-9-10-15(16-5-2)14(12-13)8-6-11-17-3/h13-16H,4-12H2,1-3H3. The fourth-order valence-electron chi connectivity index (χ4n) is 3.37. The average Bonchev–Trinajstić information content (AvgIpc) is 2.33. The molecule has 1 aliphatic rings. The Bertz CT molecular complexity index is 184. The summed E-state index contributed by atoms with van der Waals surface area (Å²) in [6.07, 6.45) is 9.60. The average molecular weight is 241 g/mol. The summed E-state index contributed by atoms with van der Waals surface area (Å²) in [4.78, 5) is 0. The Morgan fingerprint density at radius 2 is 2.00 bits per heavy atom. The summed E-state index contributed by atoms with van der Waals surface area (Å²) >= 11 is 0. The number of hydrogen-bond acceptors (Lipinski definition) is 2. The Labute approximate surface area is 108 Å². The monoisotopic (exact) mass is 241 g/mol. The zero-order valence-electron chi connectivity index (χ0n) is 12.0. The summed E-state index contributed by atoms with van der Waals surface area (Å²) in [5, 5.41) is 3.68. The first-order valence-electron chi connectivity index (χ1n) is 7.54. The van der Waals surface area contributed by atoms with Crippen LogP contribution < -0.4 is 5.32 Å². The van der Waals surface area contributed by atoms with Gasteiger partial charge in [-0.05, 0) is 50.5 Å². The Morgan fingerprint density at radius 1 is 1.18 bits per heavy atom. The third-order valence-corrected chi connectivity index (χ3v) is 4.18. The van der Waals surface area contributed by atoms with Crippen LogP contribution in [0.15, 0.2) is 0 Å². The van der Waals surface area contributed by atoms with Gasteiger partial charge in [-0.2, -0.15) is 0 Å². The van der Waals surface area contributed by atoms with Crippen LogP contribution in [0.5, 0.6) is 0 Å². The number of hydrogen-bond donors (Lipinski definition) is 1. The maximum atomic E-state index is 5.18. The Kier molecular flexibility index (Phi) is 7.87. The van der Waals surface area contributed by atoms with Crippen LogP contribution in [0, 0.1) is 11.8 Å². The van der Waals surface area contributed by atoms with Gasteiger partial charge in [0.15, 0.2) is 0 Å². The van der Waals surface area contributed by atoms with E-state index in [1.807, 2.05) is 7.11 Å². The van der Waals surface area contributed by atoms with Crippen molar-refractivity contribution in [1.29, 1.82) is 0 Å². The third kappa shape index (κ3) is 5.39. The van der Waals surface area contributed by atoms with Crippen molar-refractivity contribution < 1.29 is 4.74 Å². The van der Waals surface area contributed by atoms with E-state index < -0.39 is 0 Å². The van der Waals surface area contributed by atoms with Gasteiger partial charge in [-0.1, -0.05) is 26.7 Å². The number of methoxy groups -OCH3 is 1. The molecule has 2 nitrogen and oxygen atoms in total. The highest BCUT2D eigenvalue weighted by atomic mass is 16.5. The molecule has 2 heteroatoms. The second kappa shape index (κ2) is 8.93. The van der Waals surface area contributed by atoms with E-state index in [0.717, 1.165) is 31.0 Å². The topological polar surface area (TPSA) is 21.3 Å². The van der Waals surface area contributed by atoms with Gasteiger partial charge in [0.2, 0.25) is 0 Å². The normalized spacial score (nSPS) is 29.5. The van der Waals surface area contributed by atoms with E-state index in [9.17, 15) is 0 Å². The van der Waals surface area contributed by atoms with Gasteiger partial charge in [0.1, 0.15) is 0 Å². The van der Waals surface area contributed by atoms with Crippen LogP contribution in [0.4, 0.5) is 0 Å². The van der Waals surface area contributed by atoms with Crippen LogP contribution in [0.3, 0.4) is 0 Å². The second-order valence-corrected chi connectivity index (χ2v) is 5.53. The lowest BCUT2D eigenvalue weighted by Crippen LogP contribution is -2.40. The molecule has 0 bridgehead atoms. The van der Waals surface area contributed by atoms with Crippen LogP contribution in [-0.2, 0) is 4.74 Å². The van der Waals surface area contributed by atoms with Crippen molar-refractivity contribution in [3.05, 3.63) is 0 Å². The summed E-state index contributed by atoms with van der Waals surface area (Å²) in [5.74, 6) is 1.87. The largest absolute Gasteiger partial charge is 0.385 e. The molecule has 0 amide bonds. The molecular formula is C15H31NO. The van der Waals surface area contributed by atoms with Gasteiger partial charge in [0.05, 0.1) is 0 Å². The molecule has 1 aliphatic carbocycles. The molecule has 1 saturated carbocycles. The van der Waals surface area contributed by atoms with Crippen LogP contribution in [-0.4, -0.2) is 26.3 Å². The molecule has 0 aromatic heterocycles. The van der Waals surface area contributed by atoms with E-state index in [1.165, 1.54) is 44.9 Å². The van der Waals surface area contributed by atoms with Crippen LogP contribution in [0.25, 0.3) is 0 Å². The van der Waals surface area contributed by atoms with Gasteiger partial charge in [0.25, 0.3) is 0 Å². The Balaban J connectivity index is 2.38. The van der Waals surface area contributed by atoms with E-state index in [2.05, 4.69) is 19.2 Å². The second-order valence-electron chi connectivity index (χ2n) is 5.53. The lowest BCUT2D eigenvalue weighted by Gasteiger charge is -2.37. The van der Waals surface area contributed by atoms with Crippen LogP contribution in [0.2, 0.25) is 0 Å². The first-order valence-corrected chi connectivity index (χ1v) is 7.54. The molecule has 1 fully saturated rings. The maximum absolute atomic E-state index is 5.18. The molecule has 0 spiro atoms. The van der Waals surface area contributed by atoms with Crippen molar-refractivity contribution in [2.45, 2.75) is 64.8 Å². The van der Waals surface area contributed by atoms with Crippen LogP contribution >= 0.6 is 0 Å². The SMILES string of the molecule is CCCC1CCC(NCC)C(CCCOC)C1. The van der Waals surface area contributed by atoms with Gasteiger partial charge in [0, 0.05) is 19.8 Å². The van der Waals surface area contributed by atoms with Gasteiger partial charge >= 0.3 is 0 Å². The quantitative estimate of drug-likeness (QED) is 0.656. The summed E-state index contributed by atoms with van der Waals surface area (Å²) < 4.78 is 5.18. The molecule has 0 aromatic carbocycles. The van der Waals surface area contributed by atoms with Crippen molar-refractivity contribution >= 4 is 0 Å². The smallest absolute Gasteiger partial charge is 0.0462 e. The summed E-state index contributed by atoms with van der Waals surface area (Å²) in [6.45, 7) is 6.58. The van der Waals surface area contributed by atoms with Gasteiger partial charge < -0.3 is 10.1 Å². The van der Waals surface area contributed by atoms with Crippen molar-refractivity contribution in [1.82, 2.24) is 5.32 Å². The minimum Gasteiger partial charge on any atom is -0.385 e. The highest BCUT2D eigenvalue weighted by molar-refractivity contribution is 4.84. The molecule has 3 atom stereocenters. The Morgan fingerprint density at radius 3 is 2.65 bits per heavy atom. The van der Waals surface area contributed by atoms with E-state index in [4.69, 9.17) is 4.74 Å². The van der Waals surface area contributed by atoms with Crippen molar-refractivity contribution in [2.75, 3.05) is 20.3 Å². The number of ether oxygens (including phenoxy) is 1. The maximum Gasteiger partial charge on any atom is 0.0462 e. The van der Waals surface area contributed by atoms with Crippen molar-refractivity contribution in [3.8, 4) is 0 Å². The van der Waals surface area contributed by atoms with Crippen molar-refractivity contribution in [3.63, 3.8) is 0 Å². The molecular weight excluding hydrogens is 210 g/mol. The highest BCUT2D eigenvalue weighted by Gasteiger charge is 2.28. The molecule has 0 radical (unpaired) electrons. The highest BCUT2D eigenvalue weighted by Crippen LogP contribution is 2.34. The third-order valence-electron chi connectivity index (χ3n) is 4.18. The predicted molar refractivity (Wildman–Crippen MR) is 74.3 cm³/mol. The molecule has 0 aliphatic heterocycles. The van der Waals surface area contributed by atoms with Gasteiger partial charge in [-0.3, -0.25) is 0 Å². The van der Waals surface area contributed by atoms with E-state index in [-0.39, 0.29) is 0 Å². The van der Waals surface area contributed by atoms with E-state index in [0.29, 0.717) is 0 Å². The van der Waals surface area contributed by atoms with E-state index >= 15 is 0 Å². The Hall–Kier alpha value is -0.0800. The number of rotatable bonds is 8. The molecule has 0 heterocycles. The van der Waals surface area contributed by atoms with Crippen LogP contribution in [0.1, 0.15) is 58.8 Å². The lowest BCUT2D eigenvalue weighted by atomic mass is 9.74. The zero-order chi connectivity index (χ0) is 12.5. The molecule has 0 saturated heterocycles. The van der Waals surface area contributed by atoms with Gasteiger partial charge in [-0.15, -0.1) is 0 Å². The molecule has 1 rings (SSSR count). The lowest BCUT2D eigenvalue weighted by molar-refractivity contribution is 0.153. The summed E-state index contributed by atoms with van der Waals surface area (Å²) in [5.41, 5.74) is 0. The molecule has 1 N–H and O–H groups in total. The summed E-state index contributed by atoms with van der Waals surface area (Å²) in [6, 6.07) is 0.768. The first kappa shape index (κ1) is 15.0. The fourth-order valence-corrected chi connectivity index (χ4v) is 3.37. The van der Waals surface area contributed by atoms with E-state index in [1.54, 1.807) is 0 Å². The minimum absolute atomic E-state index is 0.768. The van der Waals surface area contributed by atoms with Crippen molar-refractivity contribution in [2.24, 2.45) is 11.8 Å². The molecule has 0 aromatic rings. The van der Waals surface area contributed by atoms with Gasteiger partial charge in [-0.25, -0.2) is 0 Å². The zero-order valence-corrected chi connectivity index (χ0v) is 12.0. The number of nitrogens with one attached hydrogen (secondary N) is 1.